The van der Waals surface area contributed by atoms with Gasteiger partial charge in [-0.2, -0.15) is 13.2 Å². The second-order valence-electron chi connectivity index (χ2n) is 3.75. The van der Waals surface area contributed by atoms with Crippen molar-refractivity contribution in [3.05, 3.63) is 52.0 Å². The lowest BCUT2D eigenvalue weighted by Crippen LogP contribution is -2.18. The molecular weight excluding hydrogens is 261 g/mol. The van der Waals surface area contributed by atoms with Crippen LogP contribution in [0.2, 0.25) is 0 Å². The molecule has 6 heteroatoms. The van der Waals surface area contributed by atoms with E-state index in [-0.39, 0.29) is 6.04 Å². The highest BCUT2D eigenvalue weighted by molar-refractivity contribution is 7.07. The van der Waals surface area contributed by atoms with Crippen molar-refractivity contribution in [3.8, 4) is 0 Å². The van der Waals surface area contributed by atoms with Crippen molar-refractivity contribution < 1.29 is 13.2 Å². The van der Waals surface area contributed by atoms with Gasteiger partial charge in [-0.25, -0.2) is 4.98 Å². The molecule has 0 spiro atoms. The molecule has 18 heavy (non-hydrogen) atoms. The van der Waals surface area contributed by atoms with Crippen LogP contribution in [0.3, 0.4) is 0 Å². The van der Waals surface area contributed by atoms with Crippen LogP contribution in [0.4, 0.5) is 13.2 Å². The summed E-state index contributed by atoms with van der Waals surface area (Å²) in [7, 11) is 1.75. The van der Waals surface area contributed by atoms with E-state index in [4.69, 9.17) is 0 Å². The minimum Gasteiger partial charge on any atom is -0.308 e. The average Bonchev–Trinajstić information content (AvgIpc) is 2.83. The van der Waals surface area contributed by atoms with Crippen LogP contribution in [-0.2, 0) is 6.18 Å². The van der Waals surface area contributed by atoms with E-state index in [1.54, 1.807) is 12.6 Å². The maximum atomic E-state index is 12.4. The quantitative estimate of drug-likeness (QED) is 0.925. The van der Waals surface area contributed by atoms with Gasteiger partial charge in [0.15, 0.2) is 0 Å². The Morgan fingerprint density at radius 3 is 2.33 bits per heavy atom. The summed E-state index contributed by atoms with van der Waals surface area (Å²) in [5.74, 6) is 0. The van der Waals surface area contributed by atoms with Crippen LogP contribution in [0.25, 0.3) is 0 Å². The molecule has 0 aliphatic heterocycles. The van der Waals surface area contributed by atoms with Crippen LogP contribution in [0, 0.1) is 0 Å². The summed E-state index contributed by atoms with van der Waals surface area (Å²) < 4.78 is 37.3. The number of nitrogens with one attached hydrogen (secondary N) is 1. The van der Waals surface area contributed by atoms with E-state index >= 15 is 0 Å². The summed E-state index contributed by atoms with van der Waals surface area (Å²) in [5, 5.41) is 4.92. The Balaban J connectivity index is 2.28. The van der Waals surface area contributed by atoms with Crippen LogP contribution in [0.15, 0.2) is 35.2 Å². The van der Waals surface area contributed by atoms with Gasteiger partial charge in [0.25, 0.3) is 0 Å². The molecule has 0 amide bonds. The van der Waals surface area contributed by atoms with Crippen molar-refractivity contribution in [1.29, 1.82) is 0 Å². The third-order valence-electron chi connectivity index (χ3n) is 2.61. The van der Waals surface area contributed by atoms with Gasteiger partial charge >= 0.3 is 6.18 Å². The number of nitrogens with zero attached hydrogens (tertiary/aromatic N) is 1. The molecular formula is C12H11F3N2S. The zero-order chi connectivity index (χ0) is 13.2. The molecule has 0 fully saturated rings. The normalized spacial score (nSPS) is 13.6. The maximum Gasteiger partial charge on any atom is 0.416 e. The molecule has 96 valence electrons. The Labute approximate surface area is 106 Å². The standard InChI is InChI=1S/C12H11F3N2S/c1-16-11(10-6-18-7-17-10)8-2-4-9(5-3-8)12(13,14)15/h2-7,11,16H,1H3. The first-order valence-electron chi connectivity index (χ1n) is 5.25. The largest absolute Gasteiger partial charge is 0.416 e. The number of benzene rings is 1. The molecule has 2 rings (SSSR count). The molecule has 2 aromatic rings. The average molecular weight is 272 g/mol. The Hall–Kier alpha value is -1.40. The van der Waals surface area contributed by atoms with Gasteiger partial charge in [-0.15, -0.1) is 11.3 Å². The lowest BCUT2D eigenvalue weighted by atomic mass is 10.0. The van der Waals surface area contributed by atoms with Crippen molar-refractivity contribution in [2.45, 2.75) is 12.2 Å². The highest BCUT2D eigenvalue weighted by Gasteiger charge is 2.30. The third-order valence-corrected chi connectivity index (χ3v) is 3.21. The van der Waals surface area contributed by atoms with Crippen LogP contribution in [-0.4, -0.2) is 12.0 Å². The molecule has 2 nitrogen and oxygen atoms in total. The highest BCUT2D eigenvalue weighted by atomic mass is 32.1. The number of alkyl halides is 3. The minimum absolute atomic E-state index is 0.182. The van der Waals surface area contributed by atoms with Gasteiger partial charge in [-0.1, -0.05) is 12.1 Å². The summed E-state index contributed by atoms with van der Waals surface area (Å²) in [6, 6.07) is 4.95. The Morgan fingerprint density at radius 1 is 1.22 bits per heavy atom. The van der Waals surface area contributed by atoms with Gasteiger partial charge in [0.05, 0.1) is 22.8 Å². The molecule has 1 aromatic heterocycles. The zero-order valence-corrected chi connectivity index (χ0v) is 10.3. The molecule has 0 radical (unpaired) electrons. The van der Waals surface area contributed by atoms with Crippen LogP contribution in [0.5, 0.6) is 0 Å². The van der Waals surface area contributed by atoms with Crippen molar-refractivity contribution in [3.63, 3.8) is 0 Å². The third kappa shape index (κ3) is 2.70. The van der Waals surface area contributed by atoms with E-state index in [1.165, 1.54) is 23.5 Å². The Bertz CT molecular complexity index is 491. The van der Waals surface area contributed by atoms with E-state index in [2.05, 4.69) is 10.3 Å². The number of hydrogen-bond acceptors (Lipinski definition) is 3. The number of rotatable bonds is 3. The van der Waals surface area contributed by atoms with Gasteiger partial charge in [-0.3, -0.25) is 0 Å². The second kappa shape index (κ2) is 5.07. The summed E-state index contributed by atoms with van der Waals surface area (Å²) in [6.45, 7) is 0. The van der Waals surface area contributed by atoms with Gasteiger partial charge in [0.2, 0.25) is 0 Å². The molecule has 0 saturated carbocycles. The second-order valence-corrected chi connectivity index (χ2v) is 4.47. The molecule has 0 bridgehead atoms. The number of hydrogen-bond donors (Lipinski definition) is 1. The first kappa shape index (κ1) is 13.0. The molecule has 0 aliphatic carbocycles. The Kier molecular flexibility index (Phi) is 3.68. The summed E-state index contributed by atoms with van der Waals surface area (Å²) in [5.41, 5.74) is 2.63. The van der Waals surface area contributed by atoms with Crippen molar-refractivity contribution in [2.75, 3.05) is 7.05 Å². The van der Waals surface area contributed by atoms with E-state index in [0.29, 0.717) is 0 Å². The van der Waals surface area contributed by atoms with Crippen molar-refractivity contribution in [2.24, 2.45) is 0 Å². The summed E-state index contributed by atoms with van der Waals surface area (Å²) >= 11 is 1.45. The van der Waals surface area contributed by atoms with Crippen molar-refractivity contribution >= 4 is 11.3 Å². The van der Waals surface area contributed by atoms with E-state index in [1.807, 2.05) is 5.38 Å². The Morgan fingerprint density at radius 2 is 1.89 bits per heavy atom. The predicted octanol–water partition coefficient (Wildman–Crippen LogP) is 3.47. The summed E-state index contributed by atoms with van der Waals surface area (Å²) in [4.78, 5) is 4.17. The van der Waals surface area contributed by atoms with Gasteiger partial charge in [-0.05, 0) is 24.7 Å². The molecule has 0 aliphatic rings. The van der Waals surface area contributed by atoms with E-state index in [0.717, 1.165) is 23.4 Å². The van der Waals surface area contributed by atoms with Crippen molar-refractivity contribution in [1.82, 2.24) is 10.3 Å². The van der Waals surface area contributed by atoms with Crippen LogP contribution in [0.1, 0.15) is 22.9 Å². The van der Waals surface area contributed by atoms with Gasteiger partial charge < -0.3 is 5.32 Å². The van der Waals surface area contributed by atoms with E-state index < -0.39 is 11.7 Å². The number of thiazole rings is 1. The molecule has 0 saturated heterocycles. The summed E-state index contributed by atoms with van der Waals surface area (Å²) in [6.07, 6.45) is -4.30. The highest BCUT2D eigenvalue weighted by Crippen LogP contribution is 2.30. The maximum absolute atomic E-state index is 12.4. The fraction of sp³-hybridized carbons (Fsp3) is 0.250. The lowest BCUT2D eigenvalue weighted by molar-refractivity contribution is -0.137. The smallest absolute Gasteiger partial charge is 0.308 e. The molecule has 1 atom stereocenters. The predicted molar refractivity (Wildman–Crippen MR) is 64.5 cm³/mol. The fourth-order valence-electron chi connectivity index (χ4n) is 1.71. The number of aromatic nitrogens is 1. The SMILES string of the molecule is CNC(c1ccc(C(F)(F)F)cc1)c1cscn1. The fourth-order valence-corrected chi connectivity index (χ4v) is 2.29. The number of halogens is 3. The topological polar surface area (TPSA) is 24.9 Å². The van der Waals surface area contributed by atoms with Gasteiger partial charge in [0.1, 0.15) is 0 Å². The van der Waals surface area contributed by atoms with Gasteiger partial charge in [0, 0.05) is 5.38 Å². The first-order chi connectivity index (χ1) is 8.52. The minimum atomic E-state index is -4.30. The molecule has 1 aromatic carbocycles. The zero-order valence-electron chi connectivity index (χ0n) is 9.53. The molecule has 1 N–H and O–H groups in total. The lowest BCUT2D eigenvalue weighted by Gasteiger charge is -2.15. The molecule has 1 unspecified atom stereocenters. The molecule has 1 heterocycles. The van der Waals surface area contributed by atoms with Crippen LogP contribution >= 0.6 is 11.3 Å². The van der Waals surface area contributed by atoms with E-state index in [9.17, 15) is 13.2 Å². The monoisotopic (exact) mass is 272 g/mol. The van der Waals surface area contributed by atoms with Crippen LogP contribution < -0.4 is 5.32 Å². The first-order valence-corrected chi connectivity index (χ1v) is 6.19.